The van der Waals surface area contributed by atoms with Gasteiger partial charge in [-0.25, -0.2) is 4.98 Å². The molecule has 0 aliphatic rings. The van der Waals surface area contributed by atoms with E-state index in [2.05, 4.69) is 31.0 Å². The van der Waals surface area contributed by atoms with Gasteiger partial charge in [-0.1, -0.05) is 44.2 Å². The van der Waals surface area contributed by atoms with Gasteiger partial charge in [-0.15, -0.1) is 0 Å². The van der Waals surface area contributed by atoms with Crippen LogP contribution in [0, 0.1) is 0 Å². The number of para-hydroxylation sites is 2. The third-order valence-electron chi connectivity index (χ3n) is 4.59. The van der Waals surface area contributed by atoms with Crippen LogP contribution in [0.4, 0.5) is 0 Å². The third kappa shape index (κ3) is 3.90. The molecule has 2 aromatic carbocycles. The predicted octanol–water partition coefficient (Wildman–Crippen LogP) is 4.38. The van der Waals surface area contributed by atoms with Crippen molar-refractivity contribution >= 4 is 10.9 Å². The molecule has 0 saturated heterocycles. The summed E-state index contributed by atoms with van der Waals surface area (Å²) in [5.74, 6) is 1.42. The summed E-state index contributed by atoms with van der Waals surface area (Å²) in [5, 5.41) is 0.660. The molecule has 0 saturated carbocycles. The van der Waals surface area contributed by atoms with E-state index in [1.807, 2.05) is 36.4 Å². The summed E-state index contributed by atoms with van der Waals surface area (Å²) in [6.45, 7) is 5.57. The Morgan fingerprint density at radius 3 is 2.72 bits per heavy atom. The Morgan fingerprint density at radius 2 is 1.88 bits per heavy atom. The van der Waals surface area contributed by atoms with Crippen LogP contribution < -0.4 is 10.3 Å². The maximum absolute atomic E-state index is 12.5. The van der Waals surface area contributed by atoms with Gasteiger partial charge in [0.2, 0.25) is 0 Å². The Bertz CT molecular complexity index is 902. The maximum atomic E-state index is 12.5. The summed E-state index contributed by atoms with van der Waals surface area (Å²) in [6.07, 6.45) is 3.46. The molecule has 0 aliphatic heterocycles. The van der Waals surface area contributed by atoms with Gasteiger partial charge in [0.05, 0.1) is 23.8 Å². The number of ether oxygens (including phenoxy) is 1. The molecule has 0 amide bonds. The van der Waals surface area contributed by atoms with Crippen molar-refractivity contribution in [3.05, 3.63) is 70.8 Å². The van der Waals surface area contributed by atoms with Crippen molar-refractivity contribution < 1.29 is 4.74 Å². The average molecular weight is 336 g/mol. The van der Waals surface area contributed by atoms with Gasteiger partial charge < -0.3 is 4.74 Å². The van der Waals surface area contributed by atoms with Crippen LogP contribution >= 0.6 is 0 Å². The van der Waals surface area contributed by atoms with Gasteiger partial charge in [-0.2, -0.15) is 0 Å². The van der Waals surface area contributed by atoms with Crippen LogP contribution in [0.2, 0.25) is 0 Å². The second kappa shape index (κ2) is 7.97. The fourth-order valence-electron chi connectivity index (χ4n) is 2.92. The number of fused-ring (bicyclic) bond motifs is 1. The zero-order valence-electron chi connectivity index (χ0n) is 14.8. The minimum atomic E-state index is 0.00519. The van der Waals surface area contributed by atoms with Gasteiger partial charge in [0.15, 0.2) is 0 Å². The zero-order valence-corrected chi connectivity index (χ0v) is 14.8. The van der Waals surface area contributed by atoms with E-state index in [-0.39, 0.29) is 5.56 Å². The lowest BCUT2D eigenvalue weighted by Gasteiger charge is -2.15. The molecular weight excluding hydrogens is 312 g/mol. The van der Waals surface area contributed by atoms with Crippen molar-refractivity contribution in [3.63, 3.8) is 0 Å². The Labute approximate surface area is 148 Å². The van der Waals surface area contributed by atoms with Crippen molar-refractivity contribution in [2.24, 2.45) is 0 Å². The zero-order chi connectivity index (χ0) is 17.6. The van der Waals surface area contributed by atoms with E-state index in [0.29, 0.717) is 24.5 Å². The number of benzene rings is 2. The molecule has 1 atom stereocenters. The highest BCUT2D eigenvalue weighted by Gasteiger charge is 2.09. The first kappa shape index (κ1) is 17.2. The van der Waals surface area contributed by atoms with E-state index >= 15 is 0 Å². The van der Waals surface area contributed by atoms with Crippen molar-refractivity contribution in [3.8, 4) is 5.75 Å². The van der Waals surface area contributed by atoms with E-state index in [1.165, 1.54) is 5.56 Å². The molecule has 3 aromatic rings. The predicted molar refractivity (Wildman–Crippen MR) is 101 cm³/mol. The van der Waals surface area contributed by atoms with Crippen LogP contribution in [-0.2, 0) is 6.54 Å². The SMILES string of the molecule is CCC(C)c1ccccc1OCCCn1cnc2ccccc2c1=O. The summed E-state index contributed by atoms with van der Waals surface area (Å²) in [4.78, 5) is 16.8. The van der Waals surface area contributed by atoms with Crippen molar-refractivity contribution in [2.45, 2.75) is 39.2 Å². The summed E-state index contributed by atoms with van der Waals surface area (Å²) < 4.78 is 7.63. The largest absolute Gasteiger partial charge is 0.493 e. The Hall–Kier alpha value is -2.62. The van der Waals surface area contributed by atoms with E-state index < -0.39 is 0 Å². The molecule has 4 nitrogen and oxygen atoms in total. The topological polar surface area (TPSA) is 44.1 Å². The molecular formula is C21H24N2O2. The molecule has 0 N–H and O–H groups in total. The lowest BCUT2D eigenvalue weighted by Crippen LogP contribution is -2.21. The molecule has 0 aliphatic carbocycles. The third-order valence-corrected chi connectivity index (χ3v) is 4.59. The van der Waals surface area contributed by atoms with E-state index in [1.54, 1.807) is 10.9 Å². The Kier molecular flexibility index (Phi) is 5.49. The van der Waals surface area contributed by atoms with Gasteiger partial charge in [-0.05, 0) is 42.5 Å². The molecule has 130 valence electrons. The molecule has 4 heteroatoms. The first-order valence-electron chi connectivity index (χ1n) is 8.86. The molecule has 3 rings (SSSR count). The summed E-state index contributed by atoms with van der Waals surface area (Å²) >= 11 is 0. The van der Waals surface area contributed by atoms with Crippen molar-refractivity contribution in [1.29, 1.82) is 0 Å². The molecule has 0 fully saturated rings. The van der Waals surface area contributed by atoms with E-state index in [9.17, 15) is 4.79 Å². The minimum absolute atomic E-state index is 0.00519. The minimum Gasteiger partial charge on any atom is -0.493 e. The number of rotatable bonds is 7. The highest BCUT2D eigenvalue weighted by Crippen LogP contribution is 2.28. The smallest absolute Gasteiger partial charge is 0.261 e. The lowest BCUT2D eigenvalue weighted by atomic mass is 9.98. The second-order valence-corrected chi connectivity index (χ2v) is 6.31. The quantitative estimate of drug-likeness (QED) is 0.601. The number of nitrogens with zero attached hydrogens (tertiary/aromatic N) is 2. The van der Waals surface area contributed by atoms with Gasteiger partial charge in [-0.3, -0.25) is 9.36 Å². The second-order valence-electron chi connectivity index (χ2n) is 6.31. The van der Waals surface area contributed by atoms with Gasteiger partial charge in [0.1, 0.15) is 5.75 Å². The molecule has 25 heavy (non-hydrogen) atoms. The van der Waals surface area contributed by atoms with E-state index in [4.69, 9.17) is 4.74 Å². The van der Waals surface area contributed by atoms with Gasteiger partial charge in [0.25, 0.3) is 5.56 Å². The first-order chi connectivity index (χ1) is 12.2. The number of aryl methyl sites for hydroxylation is 1. The molecule has 0 spiro atoms. The first-order valence-corrected chi connectivity index (χ1v) is 8.86. The number of hydrogen-bond donors (Lipinski definition) is 0. The van der Waals surface area contributed by atoms with Crippen LogP contribution in [-0.4, -0.2) is 16.2 Å². The molecule has 0 radical (unpaired) electrons. The number of aromatic nitrogens is 2. The fraction of sp³-hybridized carbons (Fsp3) is 0.333. The molecule has 0 bridgehead atoms. The Balaban J connectivity index is 1.63. The normalized spacial score (nSPS) is 12.2. The van der Waals surface area contributed by atoms with Crippen LogP contribution in [0.15, 0.2) is 59.7 Å². The van der Waals surface area contributed by atoms with Crippen LogP contribution in [0.1, 0.15) is 38.2 Å². The monoisotopic (exact) mass is 336 g/mol. The number of hydrogen-bond acceptors (Lipinski definition) is 3. The summed E-state index contributed by atoms with van der Waals surface area (Å²) in [5.41, 5.74) is 1.99. The fourth-order valence-corrected chi connectivity index (χ4v) is 2.92. The maximum Gasteiger partial charge on any atom is 0.261 e. The highest BCUT2D eigenvalue weighted by atomic mass is 16.5. The van der Waals surface area contributed by atoms with Crippen molar-refractivity contribution in [2.75, 3.05) is 6.61 Å². The van der Waals surface area contributed by atoms with Gasteiger partial charge in [0, 0.05) is 6.54 Å². The molecule has 1 aromatic heterocycles. The van der Waals surface area contributed by atoms with Crippen molar-refractivity contribution in [1.82, 2.24) is 9.55 Å². The average Bonchev–Trinajstić information content (AvgIpc) is 2.66. The molecule has 1 unspecified atom stereocenters. The summed E-state index contributed by atoms with van der Waals surface area (Å²) in [7, 11) is 0. The van der Waals surface area contributed by atoms with Crippen LogP contribution in [0.3, 0.4) is 0 Å². The Morgan fingerprint density at radius 1 is 1.12 bits per heavy atom. The van der Waals surface area contributed by atoms with Crippen LogP contribution in [0.5, 0.6) is 5.75 Å². The molecule has 1 heterocycles. The van der Waals surface area contributed by atoms with Gasteiger partial charge >= 0.3 is 0 Å². The summed E-state index contributed by atoms with van der Waals surface area (Å²) in [6, 6.07) is 15.6. The standard InChI is InChI=1S/C21H24N2O2/c1-3-16(2)17-9-5-7-12-20(17)25-14-8-13-23-15-22-19-11-6-4-10-18(19)21(23)24/h4-7,9-12,15-16H,3,8,13-14H2,1-2H3. The highest BCUT2D eigenvalue weighted by molar-refractivity contribution is 5.76. The van der Waals surface area contributed by atoms with Crippen LogP contribution in [0.25, 0.3) is 10.9 Å². The van der Waals surface area contributed by atoms with E-state index in [0.717, 1.165) is 24.1 Å². The lowest BCUT2D eigenvalue weighted by molar-refractivity contribution is 0.296.